The Labute approximate surface area is 97.1 Å². The van der Waals surface area contributed by atoms with E-state index in [9.17, 15) is 4.79 Å². The number of hydrazine groups is 1. The molecule has 9 heteroatoms. The van der Waals surface area contributed by atoms with Gasteiger partial charge in [0.1, 0.15) is 0 Å². The number of anilines is 1. The van der Waals surface area contributed by atoms with Crippen LogP contribution in [0.1, 0.15) is 13.8 Å². The van der Waals surface area contributed by atoms with Crippen LogP contribution in [0, 0.1) is 0 Å². The van der Waals surface area contributed by atoms with E-state index in [4.69, 9.17) is 11.7 Å². The van der Waals surface area contributed by atoms with Gasteiger partial charge in [-0.25, -0.2) is 10.5 Å². The Balaban J connectivity index is 2.48. The molecule has 0 aliphatic rings. The second-order valence-corrected chi connectivity index (χ2v) is 4.27. The number of nitrogens with one attached hydrogen (secondary N) is 2. The van der Waals surface area contributed by atoms with Crippen LogP contribution in [0.4, 0.5) is 5.95 Å². The lowest BCUT2D eigenvalue weighted by Crippen LogP contribution is -2.31. The van der Waals surface area contributed by atoms with Crippen LogP contribution in [0.15, 0.2) is 5.16 Å². The summed E-state index contributed by atoms with van der Waals surface area (Å²) in [6.45, 7) is 3.79. The minimum Gasteiger partial charge on any atom is -0.353 e. The molecule has 0 bridgehead atoms. The van der Waals surface area contributed by atoms with E-state index in [0.29, 0.717) is 5.16 Å². The van der Waals surface area contributed by atoms with Crippen LogP contribution < -0.4 is 22.4 Å². The van der Waals surface area contributed by atoms with Crippen molar-refractivity contribution in [1.82, 2.24) is 20.2 Å². The average Bonchev–Trinajstić information content (AvgIpc) is 2.55. The highest BCUT2D eigenvalue weighted by Crippen LogP contribution is 2.15. The summed E-state index contributed by atoms with van der Waals surface area (Å²) in [6.07, 6.45) is 0. The van der Waals surface area contributed by atoms with E-state index in [1.54, 1.807) is 0 Å². The number of nitrogens with zero attached hydrogens (tertiary/aromatic N) is 3. The van der Waals surface area contributed by atoms with Crippen LogP contribution in [0.25, 0.3) is 0 Å². The van der Waals surface area contributed by atoms with Gasteiger partial charge in [-0.1, -0.05) is 11.8 Å². The summed E-state index contributed by atoms with van der Waals surface area (Å²) in [4.78, 5) is 11.3. The standard InChI is InChI=1S/C7H15N7OS/c1-4(2)10-5(15)3-16-7-13-12-6(11-8)14(7)9/h4H,3,8-9H2,1-2H3,(H,10,15)(H,11,12). The van der Waals surface area contributed by atoms with Crippen molar-refractivity contribution in [2.75, 3.05) is 17.0 Å². The highest BCUT2D eigenvalue weighted by molar-refractivity contribution is 7.99. The number of amides is 1. The summed E-state index contributed by atoms with van der Waals surface area (Å²) in [6, 6.07) is 0.116. The van der Waals surface area contributed by atoms with Gasteiger partial charge in [0.25, 0.3) is 5.95 Å². The Kier molecular flexibility index (Phi) is 4.38. The zero-order valence-corrected chi connectivity index (χ0v) is 9.91. The number of carbonyl (C=O) groups is 1. The Morgan fingerprint density at radius 3 is 2.75 bits per heavy atom. The van der Waals surface area contributed by atoms with Gasteiger partial charge in [0.05, 0.1) is 5.75 Å². The molecule has 0 spiro atoms. The largest absolute Gasteiger partial charge is 0.353 e. The maximum atomic E-state index is 11.3. The molecule has 16 heavy (non-hydrogen) atoms. The second-order valence-electron chi connectivity index (χ2n) is 3.33. The molecule has 6 N–H and O–H groups in total. The quantitative estimate of drug-likeness (QED) is 0.295. The fourth-order valence-electron chi connectivity index (χ4n) is 0.968. The second kappa shape index (κ2) is 5.56. The Morgan fingerprint density at radius 2 is 2.25 bits per heavy atom. The molecule has 0 aliphatic carbocycles. The minimum atomic E-state index is -0.0785. The Bertz CT molecular complexity index is 364. The van der Waals surface area contributed by atoms with Crippen LogP contribution >= 0.6 is 11.8 Å². The van der Waals surface area contributed by atoms with Crippen molar-refractivity contribution in [3.8, 4) is 0 Å². The van der Waals surface area contributed by atoms with Crippen LogP contribution in [0.3, 0.4) is 0 Å². The molecule has 0 saturated heterocycles. The molecule has 1 rings (SSSR count). The zero-order chi connectivity index (χ0) is 12.1. The lowest BCUT2D eigenvalue weighted by atomic mass is 10.4. The molecule has 1 aromatic rings. The lowest BCUT2D eigenvalue weighted by molar-refractivity contribution is -0.119. The van der Waals surface area contributed by atoms with E-state index in [0.717, 1.165) is 0 Å². The summed E-state index contributed by atoms with van der Waals surface area (Å²) in [5, 5.41) is 10.6. The van der Waals surface area contributed by atoms with Crippen molar-refractivity contribution < 1.29 is 4.79 Å². The Hall–Kier alpha value is -1.48. The minimum absolute atomic E-state index is 0.0785. The third-order valence-corrected chi connectivity index (χ3v) is 2.52. The van der Waals surface area contributed by atoms with E-state index in [1.165, 1.54) is 16.4 Å². The third kappa shape index (κ3) is 3.28. The van der Waals surface area contributed by atoms with E-state index in [1.807, 2.05) is 13.8 Å². The lowest BCUT2D eigenvalue weighted by Gasteiger charge is -2.07. The topological polar surface area (TPSA) is 124 Å². The first-order valence-corrected chi connectivity index (χ1v) is 5.62. The molecule has 1 amide bonds. The van der Waals surface area contributed by atoms with Gasteiger partial charge in [-0.3, -0.25) is 10.2 Å². The third-order valence-electron chi connectivity index (χ3n) is 1.58. The molecule has 8 nitrogen and oxygen atoms in total. The van der Waals surface area contributed by atoms with Gasteiger partial charge in [0.15, 0.2) is 0 Å². The van der Waals surface area contributed by atoms with Crippen molar-refractivity contribution in [1.29, 1.82) is 0 Å². The summed E-state index contributed by atoms with van der Waals surface area (Å²) in [5.74, 6) is 11.1. The molecule has 1 aromatic heterocycles. The van der Waals surface area contributed by atoms with Crippen LogP contribution in [0.5, 0.6) is 0 Å². The number of hydrogen-bond donors (Lipinski definition) is 4. The molecule has 0 atom stereocenters. The van der Waals surface area contributed by atoms with Gasteiger partial charge in [0, 0.05) is 6.04 Å². The fraction of sp³-hybridized carbons (Fsp3) is 0.571. The average molecular weight is 245 g/mol. The van der Waals surface area contributed by atoms with Gasteiger partial charge >= 0.3 is 0 Å². The van der Waals surface area contributed by atoms with Gasteiger partial charge in [-0.05, 0) is 13.8 Å². The molecule has 0 saturated carbocycles. The normalized spacial score (nSPS) is 10.5. The first-order valence-electron chi connectivity index (χ1n) is 4.64. The van der Waals surface area contributed by atoms with Crippen molar-refractivity contribution in [3.63, 3.8) is 0 Å². The molecular formula is C7H15N7OS. The van der Waals surface area contributed by atoms with Crippen molar-refractivity contribution in [2.24, 2.45) is 5.84 Å². The number of carbonyl (C=O) groups excluding carboxylic acids is 1. The molecular weight excluding hydrogens is 230 g/mol. The fourth-order valence-corrected chi connectivity index (χ4v) is 1.64. The summed E-state index contributed by atoms with van der Waals surface area (Å²) in [5.41, 5.74) is 2.29. The predicted octanol–water partition coefficient (Wildman–Crippen LogP) is -1.11. The van der Waals surface area contributed by atoms with Crippen LogP contribution in [0.2, 0.25) is 0 Å². The van der Waals surface area contributed by atoms with Crippen LogP contribution in [-0.2, 0) is 4.79 Å². The highest BCUT2D eigenvalue weighted by Gasteiger charge is 2.11. The van der Waals surface area contributed by atoms with Crippen LogP contribution in [-0.4, -0.2) is 32.6 Å². The van der Waals surface area contributed by atoms with E-state index >= 15 is 0 Å². The van der Waals surface area contributed by atoms with Gasteiger partial charge in [0.2, 0.25) is 11.1 Å². The number of aromatic nitrogens is 3. The molecule has 90 valence electrons. The first kappa shape index (κ1) is 12.6. The highest BCUT2D eigenvalue weighted by atomic mass is 32.2. The van der Waals surface area contributed by atoms with Gasteiger partial charge in [-0.2, -0.15) is 0 Å². The number of rotatable bonds is 5. The predicted molar refractivity (Wildman–Crippen MR) is 62.0 cm³/mol. The van der Waals surface area contributed by atoms with Crippen molar-refractivity contribution >= 4 is 23.6 Å². The monoisotopic (exact) mass is 245 g/mol. The molecule has 0 aromatic carbocycles. The smallest absolute Gasteiger partial charge is 0.258 e. The SMILES string of the molecule is CC(C)NC(=O)CSc1nnc(NN)n1N. The van der Waals surface area contributed by atoms with Gasteiger partial charge < -0.3 is 11.2 Å². The first-order chi connectivity index (χ1) is 7.54. The zero-order valence-electron chi connectivity index (χ0n) is 9.10. The molecule has 0 radical (unpaired) electrons. The molecule has 0 unspecified atom stereocenters. The molecule has 0 fully saturated rings. The Morgan fingerprint density at radius 1 is 1.56 bits per heavy atom. The van der Waals surface area contributed by atoms with E-state index in [2.05, 4.69) is 20.9 Å². The molecule has 1 heterocycles. The maximum absolute atomic E-state index is 11.3. The number of nitrogen functional groups attached to an aromatic ring is 2. The maximum Gasteiger partial charge on any atom is 0.258 e. The van der Waals surface area contributed by atoms with Crippen molar-refractivity contribution in [3.05, 3.63) is 0 Å². The van der Waals surface area contributed by atoms with Crippen molar-refractivity contribution in [2.45, 2.75) is 25.0 Å². The number of thioether (sulfide) groups is 1. The molecule has 0 aliphatic heterocycles. The number of hydrogen-bond acceptors (Lipinski definition) is 7. The summed E-state index contributed by atoms with van der Waals surface area (Å²) < 4.78 is 1.19. The van der Waals surface area contributed by atoms with E-state index in [-0.39, 0.29) is 23.7 Å². The summed E-state index contributed by atoms with van der Waals surface area (Å²) >= 11 is 1.19. The number of nitrogens with two attached hydrogens (primary N) is 2. The van der Waals surface area contributed by atoms with E-state index < -0.39 is 0 Å². The summed E-state index contributed by atoms with van der Waals surface area (Å²) in [7, 11) is 0. The van der Waals surface area contributed by atoms with Gasteiger partial charge in [-0.15, -0.1) is 10.2 Å².